The first kappa shape index (κ1) is 58.6. The molecule has 0 aromatic heterocycles. The topological polar surface area (TPSA) is 132 Å². The molecule has 53 heavy (non-hydrogen) atoms. The summed E-state index contributed by atoms with van der Waals surface area (Å²) in [6, 6.07) is 0. The molecule has 0 aliphatic rings. The minimum atomic E-state index is -3.76. The molecule has 0 fully saturated rings. The Hall–Kier alpha value is -1.15. The van der Waals surface area contributed by atoms with Crippen molar-refractivity contribution in [2.45, 2.75) is 183 Å². The normalized spacial score (nSPS) is 10.8. The Morgan fingerprint density at radius 3 is 1.21 bits per heavy atom. The molecule has 0 aromatic rings. The van der Waals surface area contributed by atoms with Crippen LogP contribution in [-0.2, 0) is 46.8 Å². The number of hydrogen-bond donors (Lipinski definition) is 1. The molecule has 0 spiro atoms. The van der Waals surface area contributed by atoms with Crippen molar-refractivity contribution in [1.82, 2.24) is 0 Å². The van der Waals surface area contributed by atoms with Gasteiger partial charge in [-0.3, -0.25) is 0 Å². The summed E-state index contributed by atoms with van der Waals surface area (Å²) >= 11 is 3.24. The van der Waals surface area contributed by atoms with Crippen LogP contribution in [0.15, 0.2) is 36.1 Å². The van der Waals surface area contributed by atoms with Gasteiger partial charge in [0.1, 0.15) is 6.26 Å². The van der Waals surface area contributed by atoms with E-state index < -0.39 is 28.3 Å². The average Bonchev–Trinajstić information content (AvgIpc) is 3.11. The molecule has 0 saturated heterocycles. The van der Waals surface area contributed by atoms with Crippen molar-refractivity contribution in [3.8, 4) is 0 Å². The Bertz CT molecular complexity index is 1060. The molecule has 0 bridgehead atoms. The second kappa shape index (κ2) is 43.6. The van der Waals surface area contributed by atoms with Crippen LogP contribution in [0.5, 0.6) is 0 Å². The Balaban J connectivity index is -0.000000379. The van der Waals surface area contributed by atoms with Crippen molar-refractivity contribution in [3.63, 3.8) is 0 Å². The van der Waals surface area contributed by atoms with Crippen LogP contribution in [0.1, 0.15) is 183 Å². The summed E-state index contributed by atoms with van der Waals surface area (Å²) in [7, 11) is -3.76. The van der Waals surface area contributed by atoms with Gasteiger partial charge >= 0.3 is 57.9 Å². The fourth-order valence-electron chi connectivity index (χ4n) is 4.33. The first-order valence-corrected chi connectivity index (χ1v) is 21.2. The first-order chi connectivity index (χ1) is 24.8. The van der Waals surface area contributed by atoms with E-state index in [-0.39, 0.29) is 53.9 Å². The molecule has 308 valence electrons. The van der Waals surface area contributed by atoms with Crippen molar-refractivity contribution in [1.29, 1.82) is 0 Å². The van der Waals surface area contributed by atoms with Gasteiger partial charge in [0.05, 0.1) is 25.4 Å². The van der Waals surface area contributed by atoms with Gasteiger partial charge < -0.3 is 13.7 Å². The molecule has 0 unspecified atom stereocenters. The number of carbonyl (C=O) groups excluding carboxylic acids is 3. The summed E-state index contributed by atoms with van der Waals surface area (Å²) in [5.74, 6) is -1.47. The Morgan fingerprint density at radius 1 is 0.528 bits per heavy atom. The van der Waals surface area contributed by atoms with E-state index >= 15 is 0 Å². The van der Waals surface area contributed by atoms with Gasteiger partial charge in [0.2, 0.25) is 0 Å². The van der Waals surface area contributed by atoms with Crippen LogP contribution < -0.4 is 0 Å². The number of carbonyl (C=O) groups is 3. The molecule has 0 amide bonds. The SMILES string of the molecule is C=C(C)C(=O)OC=C(C)C(=O)OCCCCCCCCCCCC.C=C(C)C(=O)OS.CCCCCCCCCCCCOS(=O)(=O)OCCCC.[NaH]. The van der Waals surface area contributed by atoms with Gasteiger partial charge in [-0.1, -0.05) is 156 Å². The zero-order chi connectivity index (χ0) is 39.9. The second-order valence-corrected chi connectivity index (χ2v) is 14.5. The number of ether oxygens (including phenoxy) is 2. The molecule has 10 nitrogen and oxygen atoms in total. The van der Waals surface area contributed by atoms with E-state index in [1.807, 2.05) is 6.92 Å². The Kier molecular flexibility index (Phi) is 48.1. The molecule has 0 aromatic carbocycles. The van der Waals surface area contributed by atoms with Crippen LogP contribution in [0.4, 0.5) is 0 Å². The molecule has 0 atom stereocenters. The summed E-state index contributed by atoms with van der Waals surface area (Å²) in [4.78, 5) is 33.0. The molecular formula is C40H75NaO10S2. The molecule has 0 heterocycles. The van der Waals surface area contributed by atoms with Crippen LogP contribution >= 0.6 is 12.9 Å². The third-order valence-corrected chi connectivity index (χ3v) is 8.70. The van der Waals surface area contributed by atoms with E-state index in [1.54, 1.807) is 20.8 Å². The third-order valence-electron chi connectivity index (χ3n) is 7.63. The fourth-order valence-corrected chi connectivity index (χ4v) is 5.19. The fraction of sp³-hybridized carbons (Fsp3) is 0.775. The van der Waals surface area contributed by atoms with Crippen LogP contribution in [0.3, 0.4) is 0 Å². The summed E-state index contributed by atoms with van der Waals surface area (Å²) in [5, 5.41) is 0. The molecule has 0 aliphatic carbocycles. The van der Waals surface area contributed by atoms with Crippen molar-refractivity contribution in [3.05, 3.63) is 36.1 Å². The number of esters is 2. The standard InChI is InChI=1S/C20H34O4.C16H34O4S.C4H6O2S.Na.H/c1-5-6-7-8-9-10-11-12-13-14-15-23-20(22)18(4)16-24-19(21)17(2)3;1-3-5-7-8-9-10-11-12-13-14-16-20-21(17,18)19-15-6-4-2;1-3(2)4(5)6-7;;/h16H,2,5-15H2,1,3-4H3;3-16H2,1-2H3;7H,1H2,2H3;;. The maximum atomic E-state index is 11.7. The van der Waals surface area contributed by atoms with Crippen molar-refractivity contribution >= 4 is 70.8 Å². The zero-order valence-electron chi connectivity index (χ0n) is 33.6. The molecule has 0 N–H and O–H groups in total. The van der Waals surface area contributed by atoms with E-state index in [2.05, 4.69) is 44.1 Å². The summed E-state index contributed by atoms with van der Waals surface area (Å²) in [6.07, 6.45) is 27.4. The maximum absolute atomic E-state index is 11.7. The Labute approximate surface area is 352 Å². The van der Waals surface area contributed by atoms with Gasteiger partial charge in [-0.25, -0.2) is 22.7 Å². The van der Waals surface area contributed by atoms with Gasteiger partial charge in [0, 0.05) is 24.1 Å². The van der Waals surface area contributed by atoms with Gasteiger partial charge in [-0.2, -0.15) is 8.42 Å². The van der Waals surface area contributed by atoms with Crippen molar-refractivity contribution in [2.75, 3.05) is 19.8 Å². The van der Waals surface area contributed by atoms with E-state index in [1.165, 1.54) is 96.3 Å². The molecule has 0 rings (SSSR count). The molecule has 0 saturated carbocycles. The quantitative estimate of drug-likeness (QED) is 0.0106. The average molecular weight is 803 g/mol. The molecule has 13 heteroatoms. The second-order valence-electron chi connectivity index (χ2n) is 13.1. The van der Waals surface area contributed by atoms with Gasteiger partial charge in [-0.15, -0.1) is 0 Å². The predicted molar refractivity (Wildman–Crippen MR) is 222 cm³/mol. The van der Waals surface area contributed by atoms with Crippen LogP contribution in [0.2, 0.25) is 0 Å². The first-order valence-electron chi connectivity index (χ1n) is 19.5. The van der Waals surface area contributed by atoms with Gasteiger partial charge in [-0.05, 0) is 40.0 Å². The van der Waals surface area contributed by atoms with E-state index in [0.717, 1.165) is 51.2 Å². The van der Waals surface area contributed by atoms with Gasteiger partial charge in [0.15, 0.2) is 0 Å². The van der Waals surface area contributed by atoms with Crippen LogP contribution in [0.25, 0.3) is 0 Å². The third kappa shape index (κ3) is 46.9. The van der Waals surface area contributed by atoms with Crippen LogP contribution in [0, 0.1) is 0 Å². The summed E-state index contributed by atoms with van der Waals surface area (Å²) in [5.41, 5.74) is 0.921. The minimum absolute atomic E-state index is 0. The summed E-state index contributed by atoms with van der Waals surface area (Å²) < 4.78 is 46.1. The van der Waals surface area contributed by atoms with Crippen molar-refractivity contribution in [2.24, 2.45) is 0 Å². The zero-order valence-corrected chi connectivity index (χ0v) is 35.3. The number of hydrogen-bond acceptors (Lipinski definition) is 11. The van der Waals surface area contributed by atoms with E-state index in [4.69, 9.17) is 17.8 Å². The molecular weight excluding hydrogens is 728 g/mol. The molecule has 0 aliphatic heterocycles. The van der Waals surface area contributed by atoms with Crippen molar-refractivity contribution < 1.29 is 44.8 Å². The summed E-state index contributed by atoms with van der Waals surface area (Å²) in [6.45, 7) is 18.8. The van der Waals surface area contributed by atoms with Crippen LogP contribution in [-0.4, -0.2) is 75.7 Å². The van der Waals surface area contributed by atoms with E-state index in [0.29, 0.717) is 12.2 Å². The van der Waals surface area contributed by atoms with Gasteiger partial charge in [0.25, 0.3) is 0 Å². The number of thiol groups is 1. The monoisotopic (exact) mass is 802 g/mol. The number of unbranched alkanes of at least 4 members (excludes halogenated alkanes) is 19. The predicted octanol–water partition coefficient (Wildman–Crippen LogP) is 10.8. The Morgan fingerprint density at radius 2 is 0.868 bits per heavy atom. The van der Waals surface area contributed by atoms with E-state index in [9.17, 15) is 22.8 Å². The molecule has 0 radical (unpaired) electrons. The number of rotatable bonds is 31.